The zero-order valence-corrected chi connectivity index (χ0v) is 15.7. The van der Waals surface area contributed by atoms with E-state index in [2.05, 4.69) is 34.2 Å². The molecule has 2 nitrogen and oxygen atoms in total. The molecule has 0 saturated heterocycles. The molecule has 1 aliphatic heterocycles. The first-order valence-electron chi connectivity index (χ1n) is 9.04. The largest absolute Gasteiger partial charge is 0.354 e. The smallest absolute Gasteiger partial charge is 0.159 e. The van der Waals surface area contributed by atoms with Crippen LogP contribution < -0.4 is 0 Å². The molecule has 0 bridgehead atoms. The summed E-state index contributed by atoms with van der Waals surface area (Å²) in [7, 11) is 0. The number of benzene rings is 2. The lowest BCUT2D eigenvalue weighted by Gasteiger charge is -2.05. The number of fused-ring (bicyclic) bond motifs is 1. The second-order valence-corrected chi connectivity index (χ2v) is 7.89. The van der Waals surface area contributed by atoms with Crippen LogP contribution in [0.1, 0.15) is 5.56 Å². The van der Waals surface area contributed by atoms with E-state index >= 15 is 0 Å². The number of aromatic amines is 1. The second kappa shape index (κ2) is 6.91. The Morgan fingerprint density at radius 3 is 2.46 bits per heavy atom. The van der Waals surface area contributed by atoms with Gasteiger partial charge >= 0.3 is 0 Å². The van der Waals surface area contributed by atoms with E-state index in [0.29, 0.717) is 5.56 Å². The Balaban J connectivity index is 1.68. The minimum atomic E-state index is -0.858. The van der Waals surface area contributed by atoms with Gasteiger partial charge in [0.05, 0.1) is 5.69 Å². The van der Waals surface area contributed by atoms with Crippen LogP contribution in [-0.4, -0.2) is 15.7 Å². The van der Waals surface area contributed by atoms with Crippen molar-refractivity contribution in [3.8, 4) is 33.6 Å². The Morgan fingerprint density at radius 2 is 1.64 bits per heavy atom. The van der Waals surface area contributed by atoms with Gasteiger partial charge in [0.15, 0.2) is 11.6 Å². The molecule has 0 spiro atoms. The number of aryl methyl sites for hydroxylation is 1. The first-order chi connectivity index (χ1) is 13.7. The molecule has 2 aromatic carbocycles. The number of nitrogens with one attached hydrogen (secondary N) is 1. The number of halogens is 2. The van der Waals surface area contributed by atoms with Crippen molar-refractivity contribution in [3.63, 3.8) is 0 Å². The van der Waals surface area contributed by atoms with Crippen molar-refractivity contribution in [1.29, 1.82) is 0 Å². The summed E-state index contributed by atoms with van der Waals surface area (Å²) in [5, 5.41) is 0. The van der Waals surface area contributed by atoms with Gasteiger partial charge in [-0.05, 0) is 71.6 Å². The number of pyridine rings is 1. The molecule has 28 heavy (non-hydrogen) atoms. The summed E-state index contributed by atoms with van der Waals surface area (Å²) in [5.41, 5.74) is 6.66. The minimum absolute atomic E-state index is 0.605. The van der Waals surface area contributed by atoms with Crippen LogP contribution >= 0.6 is 11.8 Å². The predicted octanol–water partition coefficient (Wildman–Crippen LogP) is 6.34. The van der Waals surface area contributed by atoms with E-state index in [1.54, 1.807) is 18.5 Å². The van der Waals surface area contributed by atoms with Crippen LogP contribution in [0.3, 0.4) is 0 Å². The monoisotopic (exact) mass is 390 g/mol. The highest BCUT2D eigenvalue weighted by molar-refractivity contribution is 7.99. The van der Waals surface area contributed by atoms with E-state index in [9.17, 15) is 8.78 Å². The first-order valence-corrected chi connectivity index (χ1v) is 10.0. The van der Waals surface area contributed by atoms with Crippen molar-refractivity contribution >= 4 is 11.8 Å². The van der Waals surface area contributed by atoms with Crippen molar-refractivity contribution in [2.75, 3.05) is 5.75 Å². The number of hydrogen-bond acceptors (Lipinski definition) is 2. The van der Waals surface area contributed by atoms with E-state index in [1.165, 1.54) is 16.5 Å². The van der Waals surface area contributed by atoms with E-state index in [1.807, 2.05) is 23.9 Å². The number of H-pyrrole nitrogens is 1. The molecule has 3 heterocycles. The van der Waals surface area contributed by atoms with Gasteiger partial charge in [-0.3, -0.25) is 4.98 Å². The SMILES string of the molecule is Fc1ccc(-c2[nH]c(-c3ccc4c(c3)CCS4)cc2-c2ccncc2)cc1F. The highest BCUT2D eigenvalue weighted by Gasteiger charge is 2.17. The van der Waals surface area contributed by atoms with Gasteiger partial charge in [0.25, 0.3) is 0 Å². The summed E-state index contributed by atoms with van der Waals surface area (Å²) < 4.78 is 27.3. The molecule has 0 unspecified atom stereocenters. The summed E-state index contributed by atoms with van der Waals surface area (Å²) in [6.07, 6.45) is 4.52. The van der Waals surface area contributed by atoms with Crippen LogP contribution in [0.4, 0.5) is 8.78 Å². The Labute approximate surface area is 165 Å². The molecule has 5 heteroatoms. The Bertz CT molecular complexity index is 1170. The predicted molar refractivity (Wildman–Crippen MR) is 109 cm³/mol. The maximum Gasteiger partial charge on any atom is 0.159 e. The fourth-order valence-electron chi connectivity index (χ4n) is 3.60. The fraction of sp³-hybridized carbons (Fsp3) is 0.0870. The van der Waals surface area contributed by atoms with Crippen molar-refractivity contribution in [3.05, 3.63) is 84.2 Å². The standard InChI is InChI=1S/C23H16F2N2S/c24-19-3-1-17(12-20(19)25)23-18(14-5-8-26-9-6-14)13-21(27-23)15-2-4-22-16(11-15)7-10-28-22/h1-6,8-9,11-13,27H,7,10H2. The van der Waals surface area contributed by atoms with Crippen molar-refractivity contribution in [1.82, 2.24) is 9.97 Å². The van der Waals surface area contributed by atoms with Gasteiger partial charge in [-0.15, -0.1) is 11.8 Å². The van der Waals surface area contributed by atoms with Gasteiger partial charge < -0.3 is 4.98 Å². The summed E-state index contributed by atoms with van der Waals surface area (Å²) in [5.74, 6) is -0.590. The Hall–Kier alpha value is -2.92. The third-order valence-electron chi connectivity index (χ3n) is 5.02. The number of nitrogens with zero attached hydrogens (tertiary/aromatic N) is 1. The highest BCUT2D eigenvalue weighted by Crippen LogP contribution is 2.38. The van der Waals surface area contributed by atoms with Crippen LogP contribution in [-0.2, 0) is 6.42 Å². The summed E-state index contributed by atoms with van der Waals surface area (Å²) >= 11 is 1.88. The zero-order chi connectivity index (χ0) is 19.1. The molecule has 0 saturated carbocycles. The molecule has 0 fully saturated rings. The van der Waals surface area contributed by atoms with Crippen LogP contribution in [0, 0.1) is 11.6 Å². The molecule has 138 valence electrons. The van der Waals surface area contributed by atoms with Gasteiger partial charge in [-0.1, -0.05) is 6.07 Å². The lowest BCUT2D eigenvalue weighted by atomic mass is 10.0. The fourth-order valence-corrected chi connectivity index (χ4v) is 4.66. The number of hydrogen-bond donors (Lipinski definition) is 1. The molecule has 4 aromatic rings. The lowest BCUT2D eigenvalue weighted by molar-refractivity contribution is 0.509. The van der Waals surface area contributed by atoms with Crippen LogP contribution in [0.25, 0.3) is 33.6 Å². The average molecular weight is 390 g/mol. The molecular formula is C23H16F2N2S. The highest BCUT2D eigenvalue weighted by atomic mass is 32.2. The third kappa shape index (κ3) is 3.02. The van der Waals surface area contributed by atoms with Gasteiger partial charge in [-0.2, -0.15) is 0 Å². The van der Waals surface area contributed by atoms with Crippen molar-refractivity contribution in [2.45, 2.75) is 11.3 Å². The number of rotatable bonds is 3. The molecule has 0 atom stereocenters. The normalized spacial score (nSPS) is 12.9. The van der Waals surface area contributed by atoms with Crippen LogP contribution in [0.2, 0.25) is 0 Å². The topological polar surface area (TPSA) is 28.7 Å². The summed E-state index contributed by atoms with van der Waals surface area (Å²) in [6, 6.07) is 16.4. The van der Waals surface area contributed by atoms with E-state index in [-0.39, 0.29) is 0 Å². The molecule has 0 amide bonds. The second-order valence-electron chi connectivity index (χ2n) is 6.76. The van der Waals surface area contributed by atoms with Gasteiger partial charge in [0, 0.05) is 39.9 Å². The summed E-state index contributed by atoms with van der Waals surface area (Å²) in [4.78, 5) is 8.85. The molecule has 1 aliphatic rings. The number of aromatic nitrogens is 2. The molecular weight excluding hydrogens is 374 g/mol. The van der Waals surface area contributed by atoms with Gasteiger partial charge in [0.2, 0.25) is 0 Å². The van der Waals surface area contributed by atoms with Gasteiger partial charge in [0.1, 0.15) is 0 Å². The first kappa shape index (κ1) is 17.2. The Morgan fingerprint density at radius 1 is 0.821 bits per heavy atom. The maximum atomic E-state index is 13.9. The van der Waals surface area contributed by atoms with Crippen LogP contribution in [0.5, 0.6) is 0 Å². The Kier molecular flexibility index (Phi) is 4.24. The lowest BCUT2D eigenvalue weighted by Crippen LogP contribution is -1.88. The molecule has 0 radical (unpaired) electrons. The van der Waals surface area contributed by atoms with E-state index in [0.717, 1.165) is 46.3 Å². The van der Waals surface area contributed by atoms with Crippen molar-refractivity contribution < 1.29 is 8.78 Å². The maximum absolute atomic E-state index is 13.9. The van der Waals surface area contributed by atoms with Crippen molar-refractivity contribution in [2.24, 2.45) is 0 Å². The van der Waals surface area contributed by atoms with E-state index < -0.39 is 11.6 Å². The van der Waals surface area contributed by atoms with Crippen LogP contribution in [0.15, 0.2) is 71.9 Å². The average Bonchev–Trinajstić information content (AvgIpc) is 3.37. The van der Waals surface area contributed by atoms with E-state index in [4.69, 9.17) is 0 Å². The zero-order valence-electron chi connectivity index (χ0n) is 14.9. The molecule has 5 rings (SSSR count). The minimum Gasteiger partial charge on any atom is -0.354 e. The van der Waals surface area contributed by atoms with Gasteiger partial charge in [-0.25, -0.2) is 8.78 Å². The third-order valence-corrected chi connectivity index (χ3v) is 6.14. The molecule has 1 N–H and O–H groups in total. The number of thioether (sulfide) groups is 1. The quantitative estimate of drug-likeness (QED) is 0.442. The molecule has 0 aliphatic carbocycles. The molecule has 2 aromatic heterocycles. The summed E-state index contributed by atoms with van der Waals surface area (Å²) in [6.45, 7) is 0.